The van der Waals surface area contributed by atoms with Gasteiger partial charge in [0.25, 0.3) is 0 Å². The number of anilines is 1. The smallest absolute Gasteiger partial charge is 0.240 e. The van der Waals surface area contributed by atoms with Gasteiger partial charge in [-0.05, 0) is 24.6 Å². The van der Waals surface area contributed by atoms with Gasteiger partial charge in [-0.2, -0.15) is 0 Å². The second-order valence-corrected chi connectivity index (χ2v) is 5.83. The lowest BCUT2D eigenvalue weighted by Crippen LogP contribution is -2.26. The molecule has 15 heavy (non-hydrogen) atoms. The van der Waals surface area contributed by atoms with Gasteiger partial charge in [-0.25, -0.2) is 0 Å². The molecular weight excluding hydrogens is 345 g/mol. The second-order valence-electron chi connectivity index (χ2n) is 3.37. The maximum absolute atomic E-state index is 11.7. The molecule has 1 heterocycles. The van der Waals surface area contributed by atoms with Crippen LogP contribution >= 0.6 is 43.5 Å². The summed E-state index contributed by atoms with van der Waals surface area (Å²) in [4.78, 5) is 13.4. The van der Waals surface area contributed by atoms with Crippen LogP contribution in [0.2, 0.25) is 5.02 Å². The molecule has 1 unspecified atom stereocenters. The van der Waals surface area contributed by atoms with E-state index in [9.17, 15) is 4.79 Å². The zero-order chi connectivity index (χ0) is 11.0. The first-order valence-electron chi connectivity index (χ1n) is 4.49. The number of rotatable bonds is 1. The Kier molecular flexibility index (Phi) is 3.38. The molecule has 0 radical (unpaired) electrons. The van der Waals surface area contributed by atoms with Crippen molar-refractivity contribution in [3.05, 3.63) is 27.7 Å². The molecule has 1 saturated heterocycles. The number of alkyl halides is 1. The molecule has 1 aliphatic rings. The Morgan fingerprint density at radius 3 is 2.67 bits per heavy atom. The van der Waals surface area contributed by atoms with Crippen molar-refractivity contribution in [2.45, 2.75) is 11.2 Å². The predicted octanol–water partition coefficient (Wildman–Crippen LogP) is 3.60. The van der Waals surface area contributed by atoms with Crippen LogP contribution in [0.3, 0.4) is 0 Å². The topological polar surface area (TPSA) is 20.3 Å². The zero-order valence-corrected chi connectivity index (χ0v) is 11.6. The van der Waals surface area contributed by atoms with Crippen LogP contribution in [0.15, 0.2) is 22.7 Å². The van der Waals surface area contributed by atoms with E-state index in [0.717, 1.165) is 23.1 Å². The minimum absolute atomic E-state index is 0.0599. The molecule has 1 aromatic rings. The summed E-state index contributed by atoms with van der Waals surface area (Å²) < 4.78 is 0.885. The maximum Gasteiger partial charge on any atom is 0.240 e. The molecule has 1 fully saturated rings. The minimum Gasteiger partial charge on any atom is -0.311 e. The molecule has 2 nitrogen and oxygen atoms in total. The standard InChI is InChI=1S/C10H8Br2ClNO/c11-6-3-7(13)5-8(4-6)14-2-1-9(12)10(14)15/h3-5,9H,1-2H2. The van der Waals surface area contributed by atoms with Gasteiger partial charge < -0.3 is 4.90 Å². The Bertz CT molecular complexity index is 390. The van der Waals surface area contributed by atoms with Gasteiger partial charge in [0.15, 0.2) is 0 Å². The fourth-order valence-electron chi connectivity index (χ4n) is 1.60. The fraction of sp³-hybridized carbons (Fsp3) is 0.300. The number of amides is 1. The Labute approximate surface area is 110 Å². The summed E-state index contributed by atoms with van der Waals surface area (Å²) >= 11 is 12.6. The molecule has 0 aliphatic carbocycles. The third-order valence-electron chi connectivity index (χ3n) is 2.30. The molecule has 0 bridgehead atoms. The number of halogens is 3. The quantitative estimate of drug-likeness (QED) is 0.707. The molecule has 1 aromatic carbocycles. The first-order chi connectivity index (χ1) is 7.08. The van der Waals surface area contributed by atoms with Crippen molar-refractivity contribution in [1.82, 2.24) is 0 Å². The summed E-state index contributed by atoms with van der Waals surface area (Å²) in [6.07, 6.45) is 0.836. The van der Waals surface area contributed by atoms with Crippen molar-refractivity contribution in [2.24, 2.45) is 0 Å². The number of carbonyl (C=O) groups excluding carboxylic acids is 1. The van der Waals surface area contributed by atoms with Crippen molar-refractivity contribution in [3.63, 3.8) is 0 Å². The van der Waals surface area contributed by atoms with E-state index >= 15 is 0 Å². The molecule has 2 rings (SSSR count). The number of benzene rings is 1. The summed E-state index contributed by atoms with van der Waals surface area (Å²) in [5.41, 5.74) is 0.848. The molecule has 0 saturated carbocycles. The van der Waals surface area contributed by atoms with Crippen LogP contribution in [0, 0.1) is 0 Å². The number of hydrogen-bond acceptors (Lipinski definition) is 1. The van der Waals surface area contributed by atoms with E-state index in [2.05, 4.69) is 31.9 Å². The number of nitrogens with zero attached hydrogens (tertiary/aromatic N) is 1. The lowest BCUT2D eigenvalue weighted by molar-refractivity contribution is -0.116. The maximum atomic E-state index is 11.7. The Morgan fingerprint density at radius 2 is 2.13 bits per heavy atom. The third-order valence-corrected chi connectivity index (χ3v) is 3.82. The van der Waals surface area contributed by atoms with E-state index < -0.39 is 0 Å². The molecule has 1 amide bonds. The molecule has 0 aromatic heterocycles. The number of hydrogen-bond donors (Lipinski definition) is 0. The molecule has 1 aliphatic heterocycles. The molecule has 0 spiro atoms. The van der Waals surface area contributed by atoms with E-state index in [1.807, 2.05) is 6.07 Å². The van der Waals surface area contributed by atoms with Crippen molar-refractivity contribution >= 4 is 55.1 Å². The first kappa shape index (κ1) is 11.4. The van der Waals surface area contributed by atoms with Gasteiger partial charge in [-0.15, -0.1) is 0 Å². The van der Waals surface area contributed by atoms with E-state index in [1.165, 1.54) is 0 Å². The lowest BCUT2D eigenvalue weighted by Gasteiger charge is -2.16. The molecule has 0 N–H and O–H groups in total. The molecule has 5 heteroatoms. The van der Waals surface area contributed by atoms with E-state index in [4.69, 9.17) is 11.6 Å². The fourth-order valence-corrected chi connectivity index (χ4v) is 2.89. The largest absolute Gasteiger partial charge is 0.311 e. The summed E-state index contributed by atoms with van der Waals surface area (Å²) in [5, 5.41) is 0.630. The van der Waals surface area contributed by atoms with Crippen LogP contribution in [0.1, 0.15) is 6.42 Å². The SMILES string of the molecule is O=C1C(Br)CCN1c1cc(Cl)cc(Br)c1. The van der Waals surface area contributed by atoms with Gasteiger partial charge in [0, 0.05) is 21.7 Å². The first-order valence-corrected chi connectivity index (χ1v) is 6.58. The van der Waals surface area contributed by atoms with Crippen molar-refractivity contribution in [3.8, 4) is 0 Å². The van der Waals surface area contributed by atoms with Gasteiger partial charge in [0.05, 0.1) is 4.83 Å². The van der Waals surface area contributed by atoms with Crippen LogP contribution in [0.25, 0.3) is 0 Å². The van der Waals surface area contributed by atoms with Gasteiger partial charge in [-0.3, -0.25) is 4.79 Å². The summed E-state index contributed by atoms with van der Waals surface area (Å²) in [6, 6.07) is 5.50. The van der Waals surface area contributed by atoms with Crippen molar-refractivity contribution < 1.29 is 4.79 Å². The van der Waals surface area contributed by atoms with Gasteiger partial charge in [0.2, 0.25) is 5.91 Å². The zero-order valence-electron chi connectivity index (χ0n) is 7.71. The second kappa shape index (κ2) is 4.44. The summed E-state index contributed by atoms with van der Waals surface area (Å²) in [7, 11) is 0. The Hall–Kier alpha value is -0.0600. The highest BCUT2D eigenvalue weighted by molar-refractivity contribution is 9.10. The van der Waals surface area contributed by atoms with Gasteiger partial charge >= 0.3 is 0 Å². The third kappa shape index (κ3) is 2.37. The average molecular weight is 353 g/mol. The summed E-state index contributed by atoms with van der Waals surface area (Å²) in [6.45, 7) is 0.738. The molecule has 80 valence electrons. The van der Waals surface area contributed by atoms with Crippen molar-refractivity contribution in [2.75, 3.05) is 11.4 Å². The normalized spacial score (nSPS) is 21.1. The lowest BCUT2D eigenvalue weighted by atomic mass is 10.3. The van der Waals surface area contributed by atoms with Gasteiger partial charge in [-0.1, -0.05) is 43.5 Å². The molecule has 1 atom stereocenters. The Balaban J connectivity index is 2.34. The van der Waals surface area contributed by atoms with Crippen LogP contribution in [0.4, 0.5) is 5.69 Å². The van der Waals surface area contributed by atoms with Crippen LogP contribution in [-0.4, -0.2) is 17.3 Å². The monoisotopic (exact) mass is 351 g/mol. The minimum atomic E-state index is -0.0599. The van der Waals surface area contributed by atoms with Crippen molar-refractivity contribution in [1.29, 1.82) is 0 Å². The predicted molar refractivity (Wildman–Crippen MR) is 68.8 cm³/mol. The van der Waals surface area contributed by atoms with Crippen LogP contribution in [-0.2, 0) is 4.79 Å². The highest BCUT2D eigenvalue weighted by atomic mass is 79.9. The summed E-state index contributed by atoms with van der Waals surface area (Å²) in [5.74, 6) is 0.101. The van der Waals surface area contributed by atoms with E-state index in [0.29, 0.717) is 5.02 Å². The highest BCUT2D eigenvalue weighted by Crippen LogP contribution is 2.30. The van der Waals surface area contributed by atoms with Crippen LogP contribution in [0.5, 0.6) is 0 Å². The molecular formula is C10H8Br2ClNO. The van der Waals surface area contributed by atoms with E-state index in [1.54, 1.807) is 17.0 Å². The van der Waals surface area contributed by atoms with Crippen LogP contribution < -0.4 is 4.90 Å². The highest BCUT2D eigenvalue weighted by Gasteiger charge is 2.30. The number of carbonyl (C=O) groups is 1. The van der Waals surface area contributed by atoms with E-state index in [-0.39, 0.29) is 10.7 Å². The average Bonchev–Trinajstić information content (AvgIpc) is 2.46. The van der Waals surface area contributed by atoms with Gasteiger partial charge in [0.1, 0.15) is 0 Å². The Morgan fingerprint density at radius 1 is 1.40 bits per heavy atom.